The molecule has 0 saturated heterocycles. The summed E-state index contributed by atoms with van der Waals surface area (Å²) in [6, 6.07) is 5.01. The number of hydrogen-bond acceptors (Lipinski definition) is 3. The van der Waals surface area contributed by atoms with Gasteiger partial charge in [0, 0.05) is 0 Å². The molecule has 90 valence electrons. The first-order valence-corrected chi connectivity index (χ1v) is 5.12. The van der Waals surface area contributed by atoms with Crippen LogP contribution in [0.3, 0.4) is 0 Å². The van der Waals surface area contributed by atoms with Gasteiger partial charge in [0.1, 0.15) is 0 Å². The highest BCUT2D eigenvalue weighted by molar-refractivity contribution is 5.89. The molecule has 1 N–H and O–H groups in total. The van der Waals surface area contributed by atoms with E-state index in [9.17, 15) is 9.59 Å². The Morgan fingerprint density at radius 2 is 2.12 bits per heavy atom. The van der Waals surface area contributed by atoms with Gasteiger partial charge in [-0.3, -0.25) is 4.79 Å². The molecule has 0 aliphatic carbocycles. The summed E-state index contributed by atoms with van der Waals surface area (Å²) in [6.07, 6.45) is 3.65. The van der Waals surface area contributed by atoms with Crippen LogP contribution in [0.25, 0.3) is 6.08 Å². The maximum atomic E-state index is 10.9. The molecule has 1 aromatic rings. The SMILES string of the molecule is COC(=O)CC=Cc1ccc(C(=O)O)c(C)c1. The van der Waals surface area contributed by atoms with E-state index in [1.165, 1.54) is 7.11 Å². The van der Waals surface area contributed by atoms with Crippen LogP contribution in [-0.4, -0.2) is 24.2 Å². The van der Waals surface area contributed by atoms with Crippen LogP contribution < -0.4 is 0 Å². The minimum Gasteiger partial charge on any atom is -0.478 e. The Morgan fingerprint density at radius 1 is 1.41 bits per heavy atom. The molecular weight excluding hydrogens is 220 g/mol. The zero-order valence-electron chi connectivity index (χ0n) is 9.77. The smallest absolute Gasteiger partial charge is 0.335 e. The second-order valence-corrected chi connectivity index (χ2v) is 3.56. The number of hydrogen-bond donors (Lipinski definition) is 1. The van der Waals surface area contributed by atoms with Crippen molar-refractivity contribution >= 4 is 18.0 Å². The molecule has 0 bridgehead atoms. The Morgan fingerprint density at radius 3 is 2.65 bits per heavy atom. The first kappa shape index (κ1) is 13.0. The Hall–Kier alpha value is -2.10. The van der Waals surface area contributed by atoms with Gasteiger partial charge < -0.3 is 9.84 Å². The van der Waals surface area contributed by atoms with Crippen molar-refractivity contribution in [3.8, 4) is 0 Å². The highest BCUT2D eigenvalue weighted by Gasteiger charge is 2.05. The minimum atomic E-state index is -0.937. The molecule has 0 heterocycles. The number of carboxylic acids is 1. The van der Waals surface area contributed by atoms with Gasteiger partial charge in [-0.2, -0.15) is 0 Å². The average molecular weight is 234 g/mol. The molecule has 0 aliphatic rings. The van der Waals surface area contributed by atoms with Gasteiger partial charge in [0.2, 0.25) is 0 Å². The molecule has 0 saturated carbocycles. The number of carboxylic acid groups (broad SMARTS) is 1. The van der Waals surface area contributed by atoms with E-state index in [1.54, 1.807) is 37.3 Å². The Balaban J connectivity index is 2.77. The average Bonchev–Trinajstić information content (AvgIpc) is 2.28. The molecule has 0 aliphatic heterocycles. The summed E-state index contributed by atoms with van der Waals surface area (Å²) < 4.78 is 4.49. The summed E-state index contributed by atoms with van der Waals surface area (Å²) in [5.41, 5.74) is 1.84. The van der Waals surface area contributed by atoms with Gasteiger partial charge in [0.25, 0.3) is 0 Å². The van der Waals surface area contributed by atoms with Crippen molar-refractivity contribution in [3.05, 3.63) is 41.0 Å². The molecule has 0 unspecified atom stereocenters. The molecule has 17 heavy (non-hydrogen) atoms. The third-order valence-corrected chi connectivity index (χ3v) is 2.30. The molecular formula is C13H14O4. The third-order valence-electron chi connectivity index (χ3n) is 2.30. The van der Waals surface area contributed by atoms with Crippen LogP contribution in [0.5, 0.6) is 0 Å². The van der Waals surface area contributed by atoms with Crippen LogP contribution in [0.1, 0.15) is 27.9 Å². The van der Waals surface area contributed by atoms with Crippen molar-refractivity contribution < 1.29 is 19.4 Å². The van der Waals surface area contributed by atoms with Gasteiger partial charge >= 0.3 is 11.9 Å². The topological polar surface area (TPSA) is 63.6 Å². The van der Waals surface area contributed by atoms with Crippen LogP contribution in [-0.2, 0) is 9.53 Å². The quantitative estimate of drug-likeness (QED) is 0.812. The number of carbonyl (C=O) groups excluding carboxylic acids is 1. The number of ether oxygens (including phenoxy) is 1. The van der Waals surface area contributed by atoms with E-state index < -0.39 is 5.97 Å². The van der Waals surface area contributed by atoms with Crippen LogP contribution in [0.15, 0.2) is 24.3 Å². The lowest BCUT2D eigenvalue weighted by molar-refractivity contribution is -0.139. The van der Waals surface area contributed by atoms with Crippen LogP contribution in [0.4, 0.5) is 0 Å². The lowest BCUT2D eigenvalue weighted by Gasteiger charge is -2.01. The highest BCUT2D eigenvalue weighted by atomic mass is 16.5. The van der Waals surface area contributed by atoms with Gasteiger partial charge in [-0.1, -0.05) is 24.3 Å². The zero-order valence-corrected chi connectivity index (χ0v) is 9.77. The minimum absolute atomic E-state index is 0.205. The van der Waals surface area contributed by atoms with E-state index in [-0.39, 0.29) is 18.0 Å². The second-order valence-electron chi connectivity index (χ2n) is 3.56. The Kier molecular flexibility index (Phi) is 4.46. The normalized spacial score (nSPS) is 10.5. The van der Waals surface area contributed by atoms with Gasteiger partial charge in [-0.15, -0.1) is 0 Å². The Labute approximate surface area is 99.5 Å². The number of aromatic carboxylic acids is 1. The van der Waals surface area contributed by atoms with Gasteiger partial charge in [0.15, 0.2) is 0 Å². The molecule has 1 rings (SSSR count). The summed E-state index contributed by atoms with van der Waals surface area (Å²) in [4.78, 5) is 21.7. The molecule has 1 aromatic carbocycles. The fraction of sp³-hybridized carbons (Fsp3) is 0.231. The summed E-state index contributed by atoms with van der Waals surface area (Å²) >= 11 is 0. The van der Waals surface area contributed by atoms with Gasteiger partial charge in [0.05, 0.1) is 19.1 Å². The summed E-state index contributed by atoms with van der Waals surface area (Å²) in [5.74, 6) is -1.24. The van der Waals surface area contributed by atoms with Crippen molar-refractivity contribution in [2.24, 2.45) is 0 Å². The fourth-order valence-electron chi connectivity index (χ4n) is 1.41. The van der Waals surface area contributed by atoms with E-state index in [4.69, 9.17) is 5.11 Å². The van der Waals surface area contributed by atoms with E-state index in [0.717, 1.165) is 5.56 Å². The largest absolute Gasteiger partial charge is 0.478 e. The molecule has 0 radical (unpaired) electrons. The number of methoxy groups -OCH3 is 1. The standard InChI is InChI=1S/C13H14O4/c1-9-8-10(4-3-5-12(14)17-2)6-7-11(9)13(15)16/h3-4,6-8H,5H2,1-2H3,(H,15,16). The lowest BCUT2D eigenvalue weighted by Crippen LogP contribution is -1.99. The molecule has 0 atom stereocenters. The Bertz CT molecular complexity index is 460. The number of esters is 1. The van der Waals surface area contributed by atoms with Crippen LogP contribution in [0.2, 0.25) is 0 Å². The second kappa shape index (κ2) is 5.84. The maximum absolute atomic E-state index is 10.9. The first-order chi connectivity index (χ1) is 8.04. The molecule has 0 amide bonds. The van der Waals surface area contributed by atoms with Gasteiger partial charge in [-0.05, 0) is 24.1 Å². The van der Waals surface area contributed by atoms with Crippen molar-refractivity contribution in [3.63, 3.8) is 0 Å². The number of aryl methyl sites for hydroxylation is 1. The molecule has 0 aromatic heterocycles. The summed E-state index contributed by atoms with van der Waals surface area (Å²) in [5, 5.41) is 8.86. The van der Waals surface area contributed by atoms with E-state index in [0.29, 0.717) is 5.56 Å². The van der Waals surface area contributed by atoms with E-state index >= 15 is 0 Å². The van der Waals surface area contributed by atoms with Crippen LogP contribution >= 0.6 is 0 Å². The molecule has 0 fully saturated rings. The molecule has 4 heteroatoms. The number of carbonyl (C=O) groups is 2. The predicted octanol–water partition coefficient (Wildman–Crippen LogP) is 2.27. The van der Waals surface area contributed by atoms with Crippen molar-refractivity contribution in [2.75, 3.05) is 7.11 Å². The van der Waals surface area contributed by atoms with E-state index in [1.807, 2.05) is 0 Å². The van der Waals surface area contributed by atoms with Crippen molar-refractivity contribution in [1.82, 2.24) is 0 Å². The summed E-state index contributed by atoms with van der Waals surface area (Å²) in [7, 11) is 1.34. The van der Waals surface area contributed by atoms with Crippen molar-refractivity contribution in [1.29, 1.82) is 0 Å². The van der Waals surface area contributed by atoms with E-state index in [2.05, 4.69) is 4.74 Å². The summed E-state index contributed by atoms with van der Waals surface area (Å²) in [6.45, 7) is 1.74. The fourth-order valence-corrected chi connectivity index (χ4v) is 1.41. The van der Waals surface area contributed by atoms with Crippen LogP contribution in [0, 0.1) is 6.92 Å². The number of rotatable bonds is 4. The van der Waals surface area contributed by atoms with Gasteiger partial charge in [-0.25, -0.2) is 4.79 Å². The first-order valence-electron chi connectivity index (χ1n) is 5.12. The highest BCUT2D eigenvalue weighted by Crippen LogP contribution is 2.12. The monoisotopic (exact) mass is 234 g/mol. The zero-order chi connectivity index (χ0) is 12.8. The molecule has 0 spiro atoms. The predicted molar refractivity (Wildman–Crippen MR) is 63.8 cm³/mol. The van der Waals surface area contributed by atoms with Crippen molar-refractivity contribution in [2.45, 2.75) is 13.3 Å². The maximum Gasteiger partial charge on any atom is 0.335 e. The third kappa shape index (κ3) is 3.75. The molecule has 4 nitrogen and oxygen atoms in total. The number of benzene rings is 1. The lowest BCUT2D eigenvalue weighted by atomic mass is 10.0.